The lowest BCUT2D eigenvalue weighted by Gasteiger charge is -2.21. The van der Waals surface area contributed by atoms with Gasteiger partial charge in [0, 0.05) is 19.4 Å². The van der Waals surface area contributed by atoms with E-state index in [1.54, 1.807) is 30.4 Å². The Labute approximate surface area is 87.9 Å². The first kappa shape index (κ1) is 11.3. The van der Waals surface area contributed by atoms with Crippen molar-refractivity contribution in [3.05, 3.63) is 24.0 Å². The smallest absolute Gasteiger partial charge is 0.336 e. The van der Waals surface area contributed by atoms with E-state index in [-0.39, 0.29) is 5.57 Å². The number of carbonyl (C=O) groups is 2. The van der Waals surface area contributed by atoms with E-state index < -0.39 is 17.9 Å². The van der Waals surface area contributed by atoms with Crippen LogP contribution in [0.25, 0.3) is 0 Å². The Bertz CT molecular complexity index is 332. The van der Waals surface area contributed by atoms with E-state index in [0.717, 1.165) is 0 Å². The molecule has 0 radical (unpaired) electrons. The number of ether oxygens (including phenoxy) is 2. The molecular formula is C10H13NO4. The topological polar surface area (TPSA) is 55.8 Å². The highest BCUT2D eigenvalue weighted by Gasteiger charge is 2.29. The van der Waals surface area contributed by atoms with Crippen molar-refractivity contribution in [3.8, 4) is 0 Å². The van der Waals surface area contributed by atoms with Gasteiger partial charge in [0.2, 0.25) is 0 Å². The maximum atomic E-state index is 11.4. The Morgan fingerprint density at radius 3 is 2.53 bits per heavy atom. The van der Waals surface area contributed by atoms with Crippen LogP contribution in [0, 0.1) is 5.92 Å². The van der Waals surface area contributed by atoms with E-state index in [1.165, 1.54) is 14.2 Å². The predicted molar refractivity (Wildman–Crippen MR) is 52.5 cm³/mol. The molecule has 0 N–H and O–H groups in total. The van der Waals surface area contributed by atoms with Crippen LogP contribution in [0.4, 0.5) is 0 Å². The summed E-state index contributed by atoms with van der Waals surface area (Å²) in [5.41, 5.74) is 0.273. The van der Waals surface area contributed by atoms with Crippen molar-refractivity contribution in [2.45, 2.75) is 0 Å². The van der Waals surface area contributed by atoms with Gasteiger partial charge in [0.1, 0.15) is 5.92 Å². The zero-order valence-electron chi connectivity index (χ0n) is 8.89. The lowest BCUT2D eigenvalue weighted by molar-refractivity contribution is -0.146. The standard InChI is InChI=1S/C10H13NO4/c1-11-5-4-7(9(12)14-2)8(6-11)10(13)15-3/h4-7H,1-3H3. The van der Waals surface area contributed by atoms with Crippen LogP contribution >= 0.6 is 0 Å². The molecule has 0 spiro atoms. The van der Waals surface area contributed by atoms with Crippen molar-refractivity contribution in [1.82, 2.24) is 4.90 Å². The van der Waals surface area contributed by atoms with Gasteiger partial charge in [-0.3, -0.25) is 4.79 Å². The van der Waals surface area contributed by atoms with Crippen LogP contribution in [-0.4, -0.2) is 38.1 Å². The third kappa shape index (κ3) is 2.37. The molecule has 1 aliphatic rings. The van der Waals surface area contributed by atoms with E-state index in [0.29, 0.717) is 0 Å². The summed E-state index contributed by atoms with van der Waals surface area (Å²) in [4.78, 5) is 24.4. The average Bonchev–Trinajstić information content (AvgIpc) is 2.26. The quantitative estimate of drug-likeness (QED) is 0.614. The van der Waals surface area contributed by atoms with E-state index in [4.69, 9.17) is 0 Å². The minimum atomic E-state index is -0.682. The lowest BCUT2D eigenvalue weighted by Crippen LogP contribution is -2.27. The summed E-state index contributed by atoms with van der Waals surface area (Å²) in [5.74, 6) is -1.68. The SMILES string of the molecule is COC(=O)C1=CN(C)C=CC1C(=O)OC. The average molecular weight is 211 g/mol. The van der Waals surface area contributed by atoms with Gasteiger partial charge < -0.3 is 14.4 Å². The lowest BCUT2D eigenvalue weighted by atomic mass is 9.98. The van der Waals surface area contributed by atoms with Crippen LogP contribution in [0.2, 0.25) is 0 Å². The Morgan fingerprint density at radius 1 is 1.33 bits per heavy atom. The number of methoxy groups -OCH3 is 2. The van der Waals surface area contributed by atoms with Crippen molar-refractivity contribution in [1.29, 1.82) is 0 Å². The highest BCUT2D eigenvalue weighted by molar-refractivity contribution is 5.96. The fraction of sp³-hybridized carbons (Fsp3) is 0.400. The first-order chi connectivity index (χ1) is 7.10. The molecule has 0 saturated heterocycles. The largest absolute Gasteiger partial charge is 0.468 e. The molecule has 0 aromatic carbocycles. The van der Waals surface area contributed by atoms with Gasteiger partial charge in [0.25, 0.3) is 0 Å². The molecule has 0 aromatic heterocycles. The highest BCUT2D eigenvalue weighted by atomic mass is 16.5. The predicted octanol–water partition coefficient (Wildman–Crippen LogP) is 0.292. The second-order valence-electron chi connectivity index (χ2n) is 3.08. The fourth-order valence-corrected chi connectivity index (χ4v) is 1.30. The van der Waals surface area contributed by atoms with Crippen molar-refractivity contribution in [2.24, 2.45) is 5.92 Å². The van der Waals surface area contributed by atoms with Crippen molar-refractivity contribution >= 4 is 11.9 Å². The fourth-order valence-electron chi connectivity index (χ4n) is 1.30. The van der Waals surface area contributed by atoms with Crippen LogP contribution in [0.15, 0.2) is 24.0 Å². The van der Waals surface area contributed by atoms with Gasteiger partial charge in [-0.2, -0.15) is 0 Å². The number of carbonyl (C=O) groups excluding carboxylic acids is 2. The Hall–Kier alpha value is -1.78. The zero-order chi connectivity index (χ0) is 11.4. The van der Waals surface area contributed by atoms with Gasteiger partial charge >= 0.3 is 11.9 Å². The first-order valence-electron chi connectivity index (χ1n) is 4.38. The summed E-state index contributed by atoms with van der Waals surface area (Å²) in [5, 5.41) is 0. The molecule has 0 amide bonds. The Kier molecular flexibility index (Phi) is 3.49. The minimum absolute atomic E-state index is 0.273. The third-order valence-electron chi connectivity index (χ3n) is 2.07. The first-order valence-corrected chi connectivity index (χ1v) is 4.38. The second-order valence-corrected chi connectivity index (χ2v) is 3.08. The molecule has 5 heteroatoms. The summed E-state index contributed by atoms with van der Waals surface area (Å²) in [6, 6.07) is 0. The molecule has 5 nitrogen and oxygen atoms in total. The van der Waals surface area contributed by atoms with Crippen LogP contribution in [0.3, 0.4) is 0 Å². The third-order valence-corrected chi connectivity index (χ3v) is 2.07. The van der Waals surface area contributed by atoms with E-state index >= 15 is 0 Å². The molecule has 0 aliphatic carbocycles. The number of hydrogen-bond acceptors (Lipinski definition) is 5. The molecule has 1 heterocycles. The summed E-state index contributed by atoms with van der Waals surface area (Å²) < 4.78 is 9.18. The maximum Gasteiger partial charge on any atom is 0.336 e. The van der Waals surface area contributed by atoms with Gasteiger partial charge in [0.15, 0.2) is 0 Å². The molecule has 0 aromatic rings. The van der Waals surface area contributed by atoms with Crippen LogP contribution < -0.4 is 0 Å². The van der Waals surface area contributed by atoms with Gasteiger partial charge in [-0.25, -0.2) is 4.79 Å². The monoisotopic (exact) mass is 211 g/mol. The molecule has 15 heavy (non-hydrogen) atoms. The van der Waals surface area contributed by atoms with Crippen molar-refractivity contribution in [3.63, 3.8) is 0 Å². The van der Waals surface area contributed by atoms with Gasteiger partial charge in [-0.15, -0.1) is 0 Å². The molecule has 0 saturated carbocycles. The highest BCUT2D eigenvalue weighted by Crippen LogP contribution is 2.20. The van der Waals surface area contributed by atoms with Crippen molar-refractivity contribution < 1.29 is 19.1 Å². The molecule has 1 rings (SSSR count). The zero-order valence-corrected chi connectivity index (χ0v) is 8.89. The van der Waals surface area contributed by atoms with Gasteiger partial charge in [-0.1, -0.05) is 0 Å². The molecule has 1 aliphatic heterocycles. The van der Waals surface area contributed by atoms with Crippen LogP contribution in [0.1, 0.15) is 0 Å². The summed E-state index contributed by atoms with van der Waals surface area (Å²) in [7, 11) is 4.31. The van der Waals surface area contributed by atoms with Crippen LogP contribution in [0.5, 0.6) is 0 Å². The van der Waals surface area contributed by atoms with Gasteiger partial charge in [0.05, 0.1) is 19.8 Å². The van der Waals surface area contributed by atoms with Crippen molar-refractivity contribution in [2.75, 3.05) is 21.3 Å². The molecule has 1 unspecified atom stereocenters. The molecule has 0 fully saturated rings. The normalized spacial score (nSPS) is 19.5. The van der Waals surface area contributed by atoms with E-state index in [1.807, 2.05) is 0 Å². The Balaban J connectivity index is 2.96. The summed E-state index contributed by atoms with van der Waals surface area (Å²) in [6.45, 7) is 0. The van der Waals surface area contributed by atoms with E-state index in [9.17, 15) is 9.59 Å². The minimum Gasteiger partial charge on any atom is -0.468 e. The molecule has 0 bridgehead atoms. The molecular weight excluding hydrogens is 198 g/mol. The second kappa shape index (κ2) is 4.63. The molecule has 1 atom stereocenters. The number of nitrogens with zero attached hydrogens (tertiary/aromatic N) is 1. The summed E-state index contributed by atoms with van der Waals surface area (Å²) in [6.07, 6.45) is 4.83. The Morgan fingerprint density at radius 2 is 2.00 bits per heavy atom. The maximum absolute atomic E-state index is 11.4. The van der Waals surface area contributed by atoms with Gasteiger partial charge in [-0.05, 0) is 6.08 Å². The number of hydrogen-bond donors (Lipinski definition) is 0. The van der Waals surface area contributed by atoms with E-state index in [2.05, 4.69) is 9.47 Å². The van der Waals surface area contributed by atoms with Crippen LogP contribution in [-0.2, 0) is 19.1 Å². The summed E-state index contributed by atoms with van der Waals surface area (Å²) >= 11 is 0. The number of esters is 2. The molecule has 82 valence electrons. The number of rotatable bonds is 2.